The summed E-state index contributed by atoms with van der Waals surface area (Å²) < 4.78 is 23.6. The lowest BCUT2D eigenvalue weighted by Crippen LogP contribution is -2.42. The van der Waals surface area contributed by atoms with Gasteiger partial charge < -0.3 is 10.0 Å². The van der Waals surface area contributed by atoms with Gasteiger partial charge in [0.2, 0.25) is 0 Å². The summed E-state index contributed by atoms with van der Waals surface area (Å²) in [5.74, 6) is -0.753. The summed E-state index contributed by atoms with van der Waals surface area (Å²) in [4.78, 5) is 13.5. The molecular formula is C15H21NO4S. The summed E-state index contributed by atoms with van der Waals surface area (Å²) in [6.45, 7) is 4.92. The molecule has 2 unspecified atom stereocenters. The summed E-state index contributed by atoms with van der Waals surface area (Å²) in [5.41, 5.74) is 0.878. The van der Waals surface area contributed by atoms with Crippen molar-refractivity contribution in [3.05, 3.63) is 24.3 Å². The van der Waals surface area contributed by atoms with E-state index in [1.165, 1.54) is 0 Å². The number of carboxylic acids is 1. The van der Waals surface area contributed by atoms with E-state index in [1.807, 2.05) is 11.8 Å². The molecule has 1 N–H and O–H groups in total. The molecule has 1 aliphatic rings. The average molecular weight is 311 g/mol. The highest BCUT2D eigenvalue weighted by atomic mass is 32.2. The summed E-state index contributed by atoms with van der Waals surface area (Å²) in [5, 5.41) is 9.20. The lowest BCUT2D eigenvalue weighted by molar-refractivity contribution is -0.142. The van der Waals surface area contributed by atoms with Crippen LogP contribution >= 0.6 is 0 Å². The van der Waals surface area contributed by atoms with Gasteiger partial charge in [-0.3, -0.25) is 4.79 Å². The van der Waals surface area contributed by atoms with Crippen LogP contribution in [-0.2, 0) is 14.6 Å². The van der Waals surface area contributed by atoms with Crippen LogP contribution in [-0.4, -0.2) is 38.3 Å². The number of nitrogens with zero attached hydrogens (tertiary/aromatic N) is 1. The number of aliphatic carboxylic acids is 1. The quantitative estimate of drug-likeness (QED) is 0.921. The Hall–Kier alpha value is -1.56. The molecule has 1 aromatic rings. The molecule has 0 amide bonds. The fourth-order valence-electron chi connectivity index (χ4n) is 2.77. The Morgan fingerprint density at radius 2 is 1.90 bits per heavy atom. The first-order valence-electron chi connectivity index (χ1n) is 7.14. The third kappa shape index (κ3) is 3.56. The molecule has 1 heterocycles. The van der Waals surface area contributed by atoms with Crippen LogP contribution < -0.4 is 4.90 Å². The predicted molar refractivity (Wildman–Crippen MR) is 81.3 cm³/mol. The van der Waals surface area contributed by atoms with Gasteiger partial charge in [0, 0.05) is 18.8 Å². The van der Waals surface area contributed by atoms with Crippen LogP contribution in [0.5, 0.6) is 0 Å². The monoisotopic (exact) mass is 311 g/mol. The molecule has 0 spiro atoms. The van der Waals surface area contributed by atoms with Crippen molar-refractivity contribution in [2.75, 3.05) is 23.7 Å². The van der Waals surface area contributed by atoms with E-state index in [2.05, 4.69) is 0 Å². The Morgan fingerprint density at radius 1 is 1.29 bits per heavy atom. The zero-order valence-electron chi connectivity index (χ0n) is 12.3. The zero-order chi connectivity index (χ0) is 15.6. The second kappa shape index (κ2) is 6.05. The van der Waals surface area contributed by atoms with Crippen molar-refractivity contribution in [3.8, 4) is 0 Å². The molecule has 6 heteroatoms. The maximum atomic E-state index is 11.8. The predicted octanol–water partition coefficient (Wildman–Crippen LogP) is 2.03. The second-order valence-corrected chi connectivity index (χ2v) is 7.96. The fraction of sp³-hybridized carbons (Fsp3) is 0.533. The second-order valence-electron chi connectivity index (χ2n) is 5.68. The Morgan fingerprint density at radius 3 is 2.43 bits per heavy atom. The molecule has 2 rings (SSSR count). The lowest BCUT2D eigenvalue weighted by Gasteiger charge is -2.36. The molecule has 0 bridgehead atoms. The van der Waals surface area contributed by atoms with Gasteiger partial charge in [0.05, 0.1) is 16.6 Å². The Kier molecular flexibility index (Phi) is 4.56. The number of piperidine rings is 1. The van der Waals surface area contributed by atoms with E-state index in [9.17, 15) is 18.3 Å². The molecule has 21 heavy (non-hydrogen) atoms. The third-order valence-corrected chi connectivity index (χ3v) is 5.70. The fourth-order valence-corrected chi connectivity index (χ4v) is 3.66. The van der Waals surface area contributed by atoms with E-state index < -0.39 is 15.8 Å². The van der Waals surface area contributed by atoms with Crippen molar-refractivity contribution in [1.29, 1.82) is 0 Å². The maximum absolute atomic E-state index is 11.8. The van der Waals surface area contributed by atoms with Gasteiger partial charge in [-0.1, -0.05) is 13.8 Å². The van der Waals surface area contributed by atoms with Gasteiger partial charge in [-0.05, 0) is 36.6 Å². The van der Waals surface area contributed by atoms with Crippen LogP contribution in [0.3, 0.4) is 0 Å². The minimum absolute atomic E-state index is 0.0776. The van der Waals surface area contributed by atoms with Crippen LogP contribution in [0.4, 0.5) is 5.69 Å². The number of benzene rings is 1. The average Bonchev–Trinajstić information content (AvgIpc) is 2.46. The summed E-state index contributed by atoms with van der Waals surface area (Å²) in [6.07, 6.45) is 0.689. The SMILES string of the molecule is CCS(=O)(=O)c1ccc(N2CC(C)CC(C(=O)O)C2)cc1. The van der Waals surface area contributed by atoms with Crippen LogP contribution in [0.1, 0.15) is 20.3 Å². The van der Waals surface area contributed by atoms with Crippen molar-refractivity contribution in [1.82, 2.24) is 0 Å². The van der Waals surface area contributed by atoms with Gasteiger partial charge in [-0.25, -0.2) is 8.42 Å². The largest absolute Gasteiger partial charge is 0.481 e. The van der Waals surface area contributed by atoms with Crippen LogP contribution in [0, 0.1) is 11.8 Å². The molecule has 1 aliphatic heterocycles. The first-order valence-corrected chi connectivity index (χ1v) is 8.79. The summed E-state index contributed by atoms with van der Waals surface area (Å²) in [7, 11) is -3.19. The third-order valence-electron chi connectivity index (χ3n) is 3.95. The molecule has 2 atom stereocenters. The Labute approximate surface area is 125 Å². The Bertz CT molecular complexity index is 609. The number of hydrogen-bond donors (Lipinski definition) is 1. The first kappa shape index (κ1) is 15.8. The van der Waals surface area contributed by atoms with Crippen LogP contribution in [0.15, 0.2) is 29.2 Å². The normalized spacial score (nSPS) is 23.0. The van der Waals surface area contributed by atoms with E-state index >= 15 is 0 Å². The van der Waals surface area contributed by atoms with E-state index in [-0.39, 0.29) is 11.7 Å². The highest BCUT2D eigenvalue weighted by molar-refractivity contribution is 7.91. The molecule has 5 nitrogen and oxygen atoms in total. The smallest absolute Gasteiger partial charge is 0.308 e. The molecule has 1 aromatic carbocycles. The van der Waals surface area contributed by atoms with Crippen molar-refractivity contribution in [2.45, 2.75) is 25.2 Å². The lowest BCUT2D eigenvalue weighted by atomic mass is 9.90. The number of carbonyl (C=O) groups is 1. The molecule has 0 radical (unpaired) electrons. The van der Waals surface area contributed by atoms with Crippen LogP contribution in [0.2, 0.25) is 0 Å². The van der Waals surface area contributed by atoms with Gasteiger partial charge in [0.1, 0.15) is 0 Å². The van der Waals surface area contributed by atoms with Crippen molar-refractivity contribution in [2.24, 2.45) is 11.8 Å². The van der Waals surface area contributed by atoms with Crippen molar-refractivity contribution >= 4 is 21.5 Å². The number of carboxylic acid groups (broad SMARTS) is 1. The highest BCUT2D eigenvalue weighted by Crippen LogP contribution is 2.27. The highest BCUT2D eigenvalue weighted by Gasteiger charge is 2.29. The zero-order valence-corrected chi connectivity index (χ0v) is 13.1. The number of rotatable bonds is 4. The molecule has 1 fully saturated rings. The molecule has 0 aliphatic carbocycles. The number of sulfone groups is 1. The maximum Gasteiger partial charge on any atom is 0.308 e. The van der Waals surface area contributed by atoms with Gasteiger partial charge >= 0.3 is 5.97 Å². The molecule has 0 aromatic heterocycles. The van der Waals surface area contributed by atoms with Gasteiger partial charge in [0.15, 0.2) is 9.84 Å². The molecule has 1 saturated heterocycles. The van der Waals surface area contributed by atoms with Gasteiger partial charge in [0.25, 0.3) is 0 Å². The summed E-state index contributed by atoms with van der Waals surface area (Å²) >= 11 is 0. The van der Waals surface area contributed by atoms with E-state index in [0.717, 1.165) is 12.2 Å². The van der Waals surface area contributed by atoms with Crippen molar-refractivity contribution in [3.63, 3.8) is 0 Å². The van der Waals surface area contributed by atoms with E-state index in [1.54, 1.807) is 31.2 Å². The first-order chi connectivity index (χ1) is 9.83. The Balaban J connectivity index is 2.20. The van der Waals surface area contributed by atoms with Crippen molar-refractivity contribution < 1.29 is 18.3 Å². The van der Waals surface area contributed by atoms with Crippen LogP contribution in [0.25, 0.3) is 0 Å². The molecule has 116 valence electrons. The number of anilines is 1. The standard InChI is InChI=1S/C15H21NO4S/c1-3-21(19,20)14-6-4-13(5-7-14)16-9-11(2)8-12(10-16)15(17)18/h4-7,11-12H,3,8-10H2,1-2H3,(H,17,18). The molecular weight excluding hydrogens is 290 g/mol. The van der Waals surface area contributed by atoms with E-state index in [4.69, 9.17) is 0 Å². The molecule has 0 saturated carbocycles. The van der Waals surface area contributed by atoms with Gasteiger partial charge in [-0.2, -0.15) is 0 Å². The topological polar surface area (TPSA) is 74.7 Å². The minimum atomic E-state index is -3.19. The number of hydrogen-bond acceptors (Lipinski definition) is 4. The van der Waals surface area contributed by atoms with E-state index in [0.29, 0.717) is 23.8 Å². The summed E-state index contributed by atoms with van der Waals surface area (Å²) in [6, 6.07) is 6.73. The minimum Gasteiger partial charge on any atom is -0.481 e. The van der Waals surface area contributed by atoms with Gasteiger partial charge in [-0.15, -0.1) is 0 Å².